The van der Waals surface area contributed by atoms with Gasteiger partial charge >= 0.3 is 19.3 Å². The van der Waals surface area contributed by atoms with Gasteiger partial charge in [0.15, 0.2) is 11.4 Å². The number of hydrogen-bond donors (Lipinski definition) is 3. The fourth-order valence-electron chi connectivity index (χ4n) is 4.13. The van der Waals surface area contributed by atoms with Gasteiger partial charge < -0.3 is 10.6 Å². The summed E-state index contributed by atoms with van der Waals surface area (Å²) in [6, 6.07) is 7.62. The van der Waals surface area contributed by atoms with E-state index in [2.05, 4.69) is 73.4 Å². The number of aromatic nitrogens is 8. The molecule has 0 aliphatic carbocycles. The van der Waals surface area contributed by atoms with Crippen molar-refractivity contribution in [3.8, 4) is 34.4 Å². The number of benzene rings is 2. The average Bonchev–Trinajstić information content (AvgIpc) is 3.87. The molecule has 4 N–H and O–H groups in total. The molecule has 0 fully saturated rings. The van der Waals surface area contributed by atoms with Crippen molar-refractivity contribution in [2.24, 2.45) is 5.50 Å². The molecule has 0 aliphatic rings. The van der Waals surface area contributed by atoms with Gasteiger partial charge in [-0.25, -0.2) is 46.8 Å². The summed E-state index contributed by atoms with van der Waals surface area (Å²) >= 11 is 6.12. The molecule has 4 heterocycles. The Kier molecular flexibility index (Phi) is 9.94. The Balaban J connectivity index is 1.01. The van der Waals surface area contributed by atoms with E-state index in [9.17, 15) is 22.9 Å². The molecule has 0 aliphatic heterocycles. The van der Waals surface area contributed by atoms with E-state index in [4.69, 9.17) is 32.9 Å². The lowest BCUT2D eigenvalue weighted by atomic mass is 10.3. The highest BCUT2D eigenvalue weighted by Crippen LogP contribution is 2.38. The molecule has 25 heteroatoms. The summed E-state index contributed by atoms with van der Waals surface area (Å²) in [7, 11) is -4.07. The summed E-state index contributed by atoms with van der Waals surface area (Å²) in [5, 5.41) is 28.0. The normalized spacial score (nSPS) is 11.7. The molecule has 0 saturated heterocycles. The van der Waals surface area contributed by atoms with Gasteiger partial charge in [-0.1, -0.05) is 10.3 Å². The van der Waals surface area contributed by atoms with Crippen LogP contribution in [0.5, 0.6) is 0 Å². The van der Waals surface area contributed by atoms with Crippen LogP contribution in [-0.4, -0.2) is 66.4 Å². The van der Waals surface area contributed by atoms with Crippen LogP contribution < -0.4 is 27.6 Å². The molecule has 0 bridgehead atoms. The third kappa shape index (κ3) is 7.42. The summed E-state index contributed by atoms with van der Waals surface area (Å²) in [5.74, 6) is -3.02. The number of nitrogens with one attached hydrogen (secondary N) is 2. The largest absolute Gasteiger partial charge is 0.446 e. The number of nitrogens with two attached hydrogens (primary N) is 1. The molecule has 49 heavy (non-hydrogen) atoms. The van der Waals surface area contributed by atoms with Gasteiger partial charge in [0.1, 0.15) is 11.6 Å². The van der Waals surface area contributed by atoms with E-state index >= 15 is 0 Å². The predicted molar refractivity (Wildman–Crippen MR) is 167 cm³/mol. The molecule has 256 valence electrons. The second kappa shape index (κ2) is 14.3. The van der Waals surface area contributed by atoms with Crippen molar-refractivity contribution in [1.82, 2.24) is 40.1 Å². The lowest BCUT2D eigenvalue weighted by Crippen LogP contribution is -2.17. The Bertz CT molecular complexity index is 2130. The lowest BCUT2D eigenvalue weighted by Gasteiger charge is -2.14. The number of nitrogens with zero attached hydrogens (tertiary/aromatic N) is 8. The van der Waals surface area contributed by atoms with Crippen molar-refractivity contribution >= 4 is 51.2 Å². The van der Waals surface area contributed by atoms with Gasteiger partial charge in [-0.2, -0.15) is 0 Å². The van der Waals surface area contributed by atoms with Crippen molar-refractivity contribution in [3.05, 3.63) is 78.1 Å². The van der Waals surface area contributed by atoms with E-state index in [1.54, 1.807) is 0 Å². The Labute approximate surface area is 286 Å². The van der Waals surface area contributed by atoms with Crippen molar-refractivity contribution < 1.29 is 40.7 Å². The van der Waals surface area contributed by atoms with Crippen molar-refractivity contribution in [3.63, 3.8) is 0 Å². The molecule has 20 nitrogen and oxygen atoms in total. The number of anilines is 2. The highest BCUT2D eigenvalue weighted by Gasteiger charge is 2.25. The molecule has 0 spiro atoms. The molecule has 2 aromatic carbocycles. The summed E-state index contributed by atoms with van der Waals surface area (Å²) in [6.45, 7) is -0.562. The Morgan fingerprint density at radius 3 is 1.57 bits per heavy atom. The molecular weight excluding hydrogens is 815 g/mol. The standard InChI is InChI=1S/C24H18Br2F2N11O9P/c25-13-9-11(1-3-15(13)27)38-21(36-45-23(38)40)17-19(34-47-32-17)30-5-7-43-49(29,42)44-8-6-31-20-18(33-48-35-20)22-37-46-24(41)39(22)12-2-4-16(28)14(26)10-12/h1-4,9-10H,5-8H2,(H2,29,42)(H,30,34)(H,31,35). The van der Waals surface area contributed by atoms with E-state index in [1.165, 1.54) is 24.3 Å². The molecule has 0 unspecified atom stereocenters. The summed E-state index contributed by atoms with van der Waals surface area (Å²) in [4.78, 5) is 24.7. The fourth-order valence-corrected chi connectivity index (χ4v) is 5.63. The van der Waals surface area contributed by atoms with Gasteiger partial charge in [0.2, 0.25) is 23.3 Å². The second-order valence-electron chi connectivity index (χ2n) is 9.39. The first-order valence-electron chi connectivity index (χ1n) is 13.4. The smallest absolute Gasteiger partial charge is 0.363 e. The minimum atomic E-state index is -4.07. The van der Waals surface area contributed by atoms with Crippen LogP contribution in [-0.2, 0) is 13.6 Å². The third-order valence-corrected chi connectivity index (χ3v) is 8.56. The van der Waals surface area contributed by atoms with E-state index in [-0.39, 0.29) is 81.3 Å². The molecule has 6 rings (SSSR count). The monoisotopic (exact) mass is 831 g/mol. The Hall–Kier alpha value is -4.87. The fraction of sp³-hybridized carbons (Fsp3) is 0.167. The zero-order valence-electron chi connectivity index (χ0n) is 24.1. The first-order valence-corrected chi connectivity index (χ1v) is 16.6. The van der Waals surface area contributed by atoms with Crippen molar-refractivity contribution in [1.29, 1.82) is 0 Å². The average molecular weight is 833 g/mol. The molecule has 0 saturated carbocycles. The molecule has 0 radical (unpaired) electrons. The third-order valence-electron chi connectivity index (χ3n) is 6.26. The van der Waals surface area contributed by atoms with Crippen molar-refractivity contribution in [2.45, 2.75) is 0 Å². The van der Waals surface area contributed by atoms with E-state index in [0.717, 1.165) is 21.3 Å². The van der Waals surface area contributed by atoms with Crippen LogP contribution in [0.4, 0.5) is 20.4 Å². The van der Waals surface area contributed by atoms with Crippen LogP contribution in [0.25, 0.3) is 34.4 Å². The number of rotatable bonds is 14. The van der Waals surface area contributed by atoms with Crippen LogP contribution in [0.2, 0.25) is 0 Å². The second-order valence-corrected chi connectivity index (χ2v) is 12.7. The van der Waals surface area contributed by atoms with E-state index in [1.807, 2.05) is 0 Å². The minimum Gasteiger partial charge on any atom is -0.363 e. The van der Waals surface area contributed by atoms with Gasteiger partial charge in [0.25, 0.3) is 0 Å². The summed E-state index contributed by atoms with van der Waals surface area (Å²) < 4.78 is 71.8. The Morgan fingerprint density at radius 1 is 0.735 bits per heavy atom. The van der Waals surface area contributed by atoms with Crippen molar-refractivity contribution in [2.75, 3.05) is 36.9 Å². The van der Waals surface area contributed by atoms with Gasteiger partial charge in [0, 0.05) is 13.1 Å². The van der Waals surface area contributed by atoms with Crippen LogP contribution in [0.1, 0.15) is 0 Å². The molecular formula is C24H18Br2F2N11O9P. The van der Waals surface area contributed by atoms with Crippen LogP contribution in [0.15, 0.2) is 73.2 Å². The molecule has 0 atom stereocenters. The lowest BCUT2D eigenvalue weighted by molar-refractivity contribution is 0.216. The number of halogens is 4. The quantitative estimate of drug-likeness (QED) is 0.105. The zero-order valence-corrected chi connectivity index (χ0v) is 28.1. The summed E-state index contributed by atoms with van der Waals surface area (Å²) in [6.07, 6.45) is 0. The first kappa shape index (κ1) is 34.0. The number of hydrogen-bond acceptors (Lipinski definition) is 17. The Morgan fingerprint density at radius 2 is 1.16 bits per heavy atom. The van der Waals surface area contributed by atoms with E-state index < -0.39 is 30.9 Å². The van der Waals surface area contributed by atoms with Crippen LogP contribution in [0, 0.1) is 11.6 Å². The van der Waals surface area contributed by atoms with Gasteiger partial charge in [0.05, 0.1) is 33.5 Å². The van der Waals surface area contributed by atoms with Gasteiger partial charge in [-0.05, 0) is 88.9 Å². The SMILES string of the molecule is NP(=O)(OCCNc1nonc1-c1noc(=O)n1-c1ccc(F)c(Br)c1)OCCNc1nonc1-c1noc(=O)n1-c1ccc(F)c(Br)c1. The molecule has 0 amide bonds. The van der Waals surface area contributed by atoms with Gasteiger partial charge in [-0.3, -0.25) is 18.1 Å². The highest BCUT2D eigenvalue weighted by atomic mass is 79.9. The van der Waals surface area contributed by atoms with E-state index in [0.29, 0.717) is 0 Å². The zero-order chi connectivity index (χ0) is 34.7. The maximum atomic E-state index is 13.7. The predicted octanol–water partition coefficient (Wildman–Crippen LogP) is 3.49. The minimum absolute atomic E-state index is 0.0189. The molecule has 6 aromatic rings. The maximum Gasteiger partial charge on any atom is 0.446 e. The maximum absolute atomic E-state index is 13.7. The topological polar surface area (TPSA) is 260 Å². The first-order chi connectivity index (χ1) is 23.5. The van der Waals surface area contributed by atoms with Crippen LogP contribution in [0.3, 0.4) is 0 Å². The highest BCUT2D eigenvalue weighted by molar-refractivity contribution is 9.10. The summed E-state index contributed by atoms with van der Waals surface area (Å²) in [5.41, 5.74) is 6.06. The van der Waals surface area contributed by atoms with Crippen LogP contribution >= 0.6 is 39.6 Å². The molecule has 4 aromatic heterocycles. The van der Waals surface area contributed by atoms with Gasteiger partial charge in [-0.15, -0.1) is 0 Å².